The summed E-state index contributed by atoms with van der Waals surface area (Å²) in [5.41, 5.74) is 2.12. The summed E-state index contributed by atoms with van der Waals surface area (Å²) in [6, 6.07) is 0. The van der Waals surface area contributed by atoms with Gasteiger partial charge in [-0.2, -0.15) is 0 Å². The third-order valence-electron chi connectivity index (χ3n) is 4.04. The van der Waals surface area contributed by atoms with E-state index in [-0.39, 0.29) is 11.8 Å². The Morgan fingerprint density at radius 3 is 3.09 bits per heavy atom. The molecule has 1 unspecified atom stereocenters. The molecule has 6 heteroatoms. The zero-order chi connectivity index (χ0) is 15.7. The number of hydrogen-bond acceptors (Lipinski definition) is 4. The highest BCUT2D eigenvalue weighted by molar-refractivity contribution is 7.15. The largest absolute Gasteiger partial charge is 0.337 e. The molecule has 0 bridgehead atoms. The molecule has 0 radical (unpaired) electrons. The number of nitrogens with zero attached hydrogens (tertiary/aromatic N) is 3. The molecule has 2 heterocycles. The molecular formula is C16H22N4OS. The van der Waals surface area contributed by atoms with E-state index in [0.717, 1.165) is 31.4 Å². The number of carbonyl (C=O) groups excluding carboxylic acids is 1. The second kappa shape index (κ2) is 6.20. The Balaban J connectivity index is 1.71. The van der Waals surface area contributed by atoms with Crippen LogP contribution in [-0.2, 0) is 24.7 Å². The minimum absolute atomic E-state index is 0.0186. The van der Waals surface area contributed by atoms with Gasteiger partial charge in [-0.1, -0.05) is 13.8 Å². The Morgan fingerprint density at radius 2 is 2.32 bits per heavy atom. The summed E-state index contributed by atoms with van der Waals surface area (Å²) in [6.07, 6.45) is 7.57. The maximum atomic E-state index is 12.6. The predicted octanol–water partition coefficient (Wildman–Crippen LogP) is 3.13. The second-order valence-electron chi connectivity index (χ2n) is 6.35. The molecule has 2 aromatic heterocycles. The van der Waals surface area contributed by atoms with Crippen molar-refractivity contribution in [3.8, 4) is 0 Å². The number of anilines is 1. The van der Waals surface area contributed by atoms with Crippen LogP contribution in [-0.4, -0.2) is 20.4 Å². The van der Waals surface area contributed by atoms with Gasteiger partial charge in [-0.15, -0.1) is 11.3 Å². The van der Waals surface area contributed by atoms with Gasteiger partial charge in [0, 0.05) is 23.8 Å². The van der Waals surface area contributed by atoms with Gasteiger partial charge in [-0.05, 0) is 31.6 Å². The Bertz CT molecular complexity index is 673. The van der Waals surface area contributed by atoms with Crippen LogP contribution in [0.15, 0.2) is 12.5 Å². The standard InChI is InChI=1S/C16H22N4OS/c1-10(2)7-11-8-17-16(22-11)19-15(21)12-5-4-6-13-14(12)18-9-20(13)3/h8-10,12H,4-7H2,1-3H3,(H,17,19,21). The van der Waals surface area contributed by atoms with Crippen LogP contribution >= 0.6 is 11.3 Å². The highest BCUT2D eigenvalue weighted by Crippen LogP contribution is 2.31. The number of fused-ring (bicyclic) bond motifs is 1. The summed E-state index contributed by atoms with van der Waals surface area (Å²) >= 11 is 1.57. The van der Waals surface area contributed by atoms with E-state index in [1.807, 2.05) is 17.8 Å². The third-order valence-corrected chi connectivity index (χ3v) is 4.97. The quantitative estimate of drug-likeness (QED) is 0.942. The highest BCUT2D eigenvalue weighted by atomic mass is 32.1. The molecule has 0 aromatic carbocycles. The van der Waals surface area contributed by atoms with E-state index >= 15 is 0 Å². The van der Waals surface area contributed by atoms with Crippen LogP contribution in [0.1, 0.15) is 48.9 Å². The average Bonchev–Trinajstić information content (AvgIpc) is 3.05. The maximum absolute atomic E-state index is 12.6. The van der Waals surface area contributed by atoms with E-state index < -0.39 is 0 Å². The molecule has 1 aliphatic carbocycles. The van der Waals surface area contributed by atoms with Crippen molar-refractivity contribution in [1.82, 2.24) is 14.5 Å². The van der Waals surface area contributed by atoms with E-state index in [1.54, 1.807) is 17.7 Å². The minimum atomic E-state index is -0.151. The molecule has 0 saturated heterocycles. The normalized spacial score (nSPS) is 17.5. The van der Waals surface area contributed by atoms with Crippen LogP contribution in [0.3, 0.4) is 0 Å². The second-order valence-corrected chi connectivity index (χ2v) is 7.47. The first-order valence-electron chi connectivity index (χ1n) is 7.80. The summed E-state index contributed by atoms with van der Waals surface area (Å²) in [7, 11) is 1.99. The lowest BCUT2D eigenvalue weighted by molar-refractivity contribution is -0.118. The lowest BCUT2D eigenvalue weighted by Gasteiger charge is -2.20. The molecule has 0 aliphatic heterocycles. The average molecular weight is 318 g/mol. The Labute approximate surface area is 134 Å². The Kier molecular flexibility index (Phi) is 4.29. The molecule has 0 fully saturated rings. The van der Waals surface area contributed by atoms with Crippen molar-refractivity contribution in [2.45, 2.75) is 45.4 Å². The van der Waals surface area contributed by atoms with Crippen LogP contribution < -0.4 is 5.32 Å². The number of nitrogens with one attached hydrogen (secondary N) is 1. The number of imidazole rings is 1. The zero-order valence-corrected chi connectivity index (χ0v) is 14.1. The third kappa shape index (κ3) is 3.06. The number of aryl methyl sites for hydroxylation is 1. The van der Waals surface area contributed by atoms with E-state index in [9.17, 15) is 4.79 Å². The van der Waals surface area contributed by atoms with Gasteiger partial charge in [0.15, 0.2) is 5.13 Å². The minimum Gasteiger partial charge on any atom is -0.337 e. The van der Waals surface area contributed by atoms with Gasteiger partial charge in [0.25, 0.3) is 0 Å². The van der Waals surface area contributed by atoms with Gasteiger partial charge in [0.05, 0.1) is 17.9 Å². The molecular weight excluding hydrogens is 296 g/mol. The van der Waals surface area contributed by atoms with E-state index in [1.165, 1.54) is 10.6 Å². The fraction of sp³-hybridized carbons (Fsp3) is 0.562. The van der Waals surface area contributed by atoms with Gasteiger partial charge in [-0.25, -0.2) is 9.97 Å². The maximum Gasteiger partial charge on any atom is 0.235 e. The molecule has 2 aromatic rings. The van der Waals surface area contributed by atoms with E-state index in [0.29, 0.717) is 11.0 Å². The number of rotatable bonds is 4. The molecule has 3 rings (SSSR count). The van der Waals surface area contributed by atoms with Crippen LogP contribution in [0, 0.1) is 5.92 Å². The van der Waals surface area contributed by atoms with E-state index in [2.05, 4.69) is 29.1 Å². The topological polar surface area (TPSA) is 59.8 Å². The van der Waals surface area contributed by atoms with Crippen LogP contribution in [0.4, 0.5) is 5.13 Å². The van der Waals surface area contributed by atoms with Gasteiger partial charge in [0.2, 0.25) is 5.91 Å². The summed E-state index contributed by atoms with van der Waals surface area (Å²) in [6.45, 7) is 4.37. The molecule has 0 spiro atoms. The van der Waals surface area contributed by atoms with Crippen LogP contribution in [0.2, 0.25) is 0 Å². The molecule has 1 aliphatic rings. The van der Waals surface area contributed by atoms with Crippen molar-refractivity contribution in [1.29, 1.82) is 0 Å². The van der Waals surface area contributed by atoms with Crippen molar-refractivity contribution in [3.63, 3.8) is 0 Å². The molecule has 1 amide bonds. The summed E-state index contributed by atoms with van der Waals surface area (Å²) in [4.78, 5) is 22.5. The number of thiazole rings is 1. The van der Waals surface area contributed by atoms with Gasteiger partial charge in [0.1, 0.15) is 0 Å². The molecule has 5 nitrogen and oxygen atoms in total. The summed E-state index contributed by atoms with van der Waals surface area (Å²) < 4.78 is 2.03. The molecule has 1 atom stereocenters. The van der Waals surface area contributed by atoms with Crippen molar-refractivity contribution in [2.75, 3.05) is 5.32 Å². The lowest BCUT2D eigenvalue weighted by Crippen LogP contribution is -2.25. The molecule has 22 heavy (non-hydrogen) atoms. The van der Waals surface area contributed by atoms with Gasteiger partial charge < -0.3 is 9.88 Å². The number of hydrogen-bond donors (Lipinski definition) is 1. The van der Waals surface area contributed by atoms with Crippen LogP contribution in [0.25, 0.3) is 0 Å². The monoisotopic (exact) mass is 318 g/mol. The first kappa shape index (κ1) is 15.2. The fourth-order valence-corrected chi connectivity index (χ4v) is 4.02. The van der Waals surface area contributed by atoms with E-state index in [4.69, 9.17) is 0 Å². The van der Waals surface area contributed by atoms with Crippen molar-refractivity contribution >= 4 is 22.4 Å². The SMILES string of the molecule is CC(C)Cc1cnc(NC(=O)C2CCCc3c2ncn3C)s1. The zero-order valence-electron chi connectivity index (χ0n) is 13.3. The summed E-state index contributed by atoms with van der Waals surface area (Å²) in [5, 5.41) is 3.67. The first-order valence-corrected chi connectivity index (χ1v) is 8.62. The molecule has 1 N–H and O–H groups in total. The lowest BCUT2D eigenvalue weighted by atomic mass is 9.89. The first-order chi connectivity index (χ1) is 10.5. The number of amides is 1. The summed E-state index contributed by atoms with van der Waals surface area (Å²) in [5.74, 6) is 0.464. The van der Waals surface area contributed by atoms with Crippen molar-refractivity contribution in [2.24, 2.45) is 13.0 Å². The predicted molar refractivity (Wildman–Crippen MR) is 88.2 cm³/mol. The Morgan fingerprint density at radius 1 is 1.50 bits per heavy atom. The Hall–Kier alpha value is -1.69. The smallest absolute Gasteiger partial charge is 0.235 e. The van der Waals surface area contributed by atoms with Gasteiger partial charge >= 0.3 is 0 Å². The number of aromatic nitrogens is 3. The van der Waals surface area contributed by atoms with Crippen LogP contribution in [0.5, 0.6) is 0 Å². The van der Waals surface area contributed by atoms with Crippen molar-refractivity contribution in [3.05, 3.63) is 28.8 Å². The molecule has 0 saturated carbocycles. The fourth-order valence-electron chi connectivity index (χ4n) is 2.99. The number of carbonyl (C=O) groups is 1. The van der Waals surface area contributed by atoms with Crippen molar-refractivity contribution < 1.29 is 4.79 Å². The highest BCUT2D eigenvalue weighted by Gasteiger charge is 2.30. The van der Waals surface area contributed by atoms with Gasteiger partial charge in [-0.3, -0.25) is 4.79 Å². The molecule has 118 valence electrons.